The van der Waals surface area contributed by atoms with E-state index in [1.54, 1.807) is 11.8 Å². The molecule has 0 N–H and O–H groups in total. The predicted octanol–water partition coefficient (Wildman–Crippen LogP) is 3.95. The fourth-order valence-corrected chi connectivity index (χ4v) is 4.95. The van der Waals surface area contributed by atoms with Crippen LogP contribution in [0.1, 0.15) is 62.9 Å². The smallest absolute Gasteiger partial charge is 0.240 e. The van der Waals surface area contributed by atoms with E-state index in [9.17, 15) is 4.79 Å². The number of anilines is 1. The first-order chi connectivity index (χ1) is 12.6. The lowest BCUT2D eigenvalue weighted by Gasteiger charge is -2.25. The molecule has 0 saturated heterocycles. The molecule has 6 heteroatoms. The van der Waals surface area contributed by atoms with Crippen LogP contribution < -0.4 is 4.90 Å². The molecular weight excluding hydrogens is 344 g/mol. The van der Waals surface area contributed by atoms with Gasteiger partial charge in [-0.3, -0.25) is 4.79 Å². The maximum atomic E-state index is 13.2. The monoisotopic (exact) mass is 368 g/mol. The quantitative estimate of drug-likeness (QED) is 0.750. The van der Waals surface area contributed by atoms with Crippen molar-refractivity contribution >= 4 is 23.4 Å². The number of carbonyl (C=O) groups excluding carboxylic acids is 1. The van der Waals surface area contributed by atoms with Gasteiger partial charge in [-0.2, -0.15) is 0 Å². The van der Waals surface area contributed by atoms with Crippen LogP contribution in [0.25, 0.3) is 0 Å². The van der Waals surface area contributed by atoms with Crippen LogP contribution in [0, 0.1) is 0 Å². The van der Waals surface area contributed by atoms with Crippen molar-refractivity contribution < 1.29 is 4.79 Å². The SMILES string of the molecule is C[C@H](Sc1nnc(C2CC2)n1C1CC1)C(=O)N1c2ccccc2C[C@H]1C. The fourth-order valence-electron chi connectivity index (χ4n) is 3.97. The number of benzene rings is 1. The highest BCUT2D eigenvalue weighted by Gasteiger charge is 2.38. The van der Waals surface area contributed by atoms with Gasteiger partial charge in [-0.25, -0.2) is 0 Å². The Morgan fingerprint density at radius 2 is 1.96 bits per heavy atom. The fraction of sp³-hybridized carbons (Fsp3) is 0.550. The third-order valence-corrected chi connectivity index (χ3v) is 6.66. The van der Waals surface area contributed by atoms with Gasteiger partial charge in [0, 0.05) is 23.7 Å². The minimum absolute atomic E-state index is 0.169. The van der Waals surface area contributed by atoms with Crippen molar-refractivity contribution in [3.05, 3.63) is 35.7 Å². The average molecular weight is 369 g/mol. The molecule has 2 aromatic rings. The Hall–Kier alpha value is -1.82. The lowest BCUT2D eigenvalue weighted by molar-refractivity contribution is -0.118. The molecule has 1 aliphatic heterocycles. The van der Waals surface area contributed by atoms with Crippen molar-refractivity contribution in [1.29, 1.82) is 0 Å². The number of aromatic nitrogens is 3. The van der Waals surface area contributed by atoms with E-state index in [0.717, 1.165) is 23.1 Å². The second-order valence-electron chi connectivity index (χ2n) is 7.87. The summed E-state index contributed by atoms with van der Waals surface area (Å²) in [4.78, 5) is 15.2. The van der Waals surface area contributed by atoms with Gasteiger partial charge >= 0.3 is 0 Å². The molecule has 136 valence electrons. The van der Waals surface area contributed by atoms with Crippen LogP contribution in [0.2, 0.25) is 0 Å². The first-order valence-electron chi connectivity index (χ1n) is 9.66. The van der Waals surface area contributed by atoms with Gasteiger partial charge in [-0.1, -0.05) is 30.0 Å². The van der Waals surface area contributed by atoms with Crippen molar-refractivity contribution in [1.82, 2.24) is 14.8 Å². The third-order valence-electron chi connectivity index (χ3n) is 5.62. The molecule has 1 aromatic heterocycles. The van der Waals surface area contributed by atoms with Gasteiger partial charge in [0.1, 0.15) is 5.82 Å². The number of rotatable bonds is 5. The topological polar surface area (TPSA) is 51.0 Å². The zero-order chi connectivity index (χ0) is 17.8. The molecule has 2 aliphatic carbocycles. The first-order valence-corrected chi connectivity index (χ1v) is 10.5. The Balaban J connectivity index is 1.38. The van der Waals surface area contributed by atoms with Gasteiger partial charge in [0.05, 0.1) is 5.25 Å². The molecule has 26 heavy (non-hydrogen) atoms. The Morgan fingerprint density at radius 1 is 1.19 bits per heavy atom. The Morgan fingerprint density at radius 3 is 2.69 bits per heavy atom. The van der Waals surface area contributed by atoms with E-state index in [1.807, 2.05) is 17.9 Å². The Labute approximate surface area is 158 Å². The van der Waals surface area contributed by atoms with E-state index >= 15 is 0 Å². The molecule has 0 unspecified atom stereocenters. The third kappa shape index (κ3) is 2.75. The number of fused-ring (bicyclic) bond motifs is 1. The molecule has 0 bridgehead atoms. The van der Waals surface area contributed by atoms with E-state index < -0.39 is 0 Å². The molecule has 3 aliphatic rings. The summed E-state index contributed by atoms with van der Waals surface area (Å²) in [5, 5.41) is 9.68. The zero-order valence-electron chi connectivity index (χ0n) is 15.3. The minimum Gasteiger partial charge on any atom is -0.308 e. The molecule has 1 amide bonds. The molecular formula is C20H24N4OS. The molecule has 2 fully saturated rings. The van der Waals surface area contributed by atoms with Gasteiger partial charge in [0.25, 0.3) is 0 Å². The standard InChI is InChI=1S/C20H24N4OS/c1-12-11-15-5-3-4-6-17(15)23(12)19(25)13(2)26-20-22-21-18(14-7-8-14)24(20)16-9-10-16/h3-6,12-14,16H,7-11H2,1-2H3/t12-,13+/m1/s1. The second kappa shape index (κ2) is 6.12. The number of hydrogen-bond donors (Lipinski definition) is 0. The number of nitrogens with zero attached hydrogens (tertiary/aromatic N) is 4. The molecule has 5 rings (SSSR count). The van der Waals surface area contributed by atoms with Crippen LogP contribution >= 0.6 is 11.8 Å². The second-order valence-corrected chi connectivity index (χ2v) is 9.17. The van der Waals surface area contributed by atoms with Crippen LogP contribution in [0.5, 0.6) is 0 Å². The predicted molar refractivity (Wildman–Crippen MR) is 103 cm³/mol. The van der Waals surface area contributed by atoms with Crippen molar-refractivity contribution in [2.24, 2.45) is 0 Å². The van der Waals surface area contributed by atoms with Crippen LogP contribution in [-0.2, 0) is 11.2 Å². The summed E-state index contributed by atoms with van der Waals surface area (Å²) in [6.45, 7) is 4.14. The van der Waals surface area contributed by atoms with Crippen LogP contribution in [0.15, 0.2) is 29.4 Å². The van der Waals surface area contributed by atoms with Crippen LogP contribution in [0.4, 0.5) is 5.69 Å². The molecule has 0 spiro atoms. The number of thioether (sulfide) groups is 1. The van der Waals surface area contributed by atoms with Gasteiger partial charge in [0.2, 0.25) is 5.91 Å². The number of amides is 1. The molecule has 0 radical (unpaired) electrons. The van der Waals surface area contributed by atoms with Crippen molar-refractivity contribution in [3.8, 4) is 0 Å². The van der Waals surface area contributed by atoms with E-state index in [1.165, 1.54) is 31.2 Å². The molecule has 2 saturated carbocycles. The lowest BCUT2D eigenvalue weighted by atomic mass is 10.1. The van der Waals surface area contributed by atoms with E-state index in [-0.39, 0.29) is 17.2 Å². The average Bonchev–Trinajstić information content (AvgIpc) is 3.56. The highest BCUT2D eigenvalue weighted by atomic mass is 32.2. The van der Waals surface area contributed by atoms with Crippen molar-refractivity contribution in [2.75, 3.05) is 4.90 Å². The van der Waals surface area contributed by atoms with Gasteiger partial charge in [-0.05, 0) is 57.6 Å². The van der Waals surface area contributed by atoms with E-state index in [2.05, 4.69) is 39.9 Å². The summed E-state index contributed by atoms with van der Waals surface area (Å²) in [5.41, 5.74) is 2.34. The number of hydrogen-bond acceptors (Lipinski definition) is 4. The van der Waals surface area contributed by atoms with E-state index in [4.69, 9.17) is 0 Å². The van der Waals surface area contributed by atoms with Crippen molar-refractivity contribution in [2.45, 2.75) is 74.4 Å². The number of carbonyl (C=O) groups is 1. The van der Waals surface area contributed by atoms with Gasteiger partial charge in [0.15, 0.2) is 5.16 Å². The molecule has 2 atom stereocenters. The lowest BCUT2D eigenvalue weighted by Crippen LogP contribution is -2.40. The summed E-state index contributed by atoms with van der Waals surface area (Å²) in [6, 6.07) is 9.02. The van der Waals surface area contributed by atoms with Crippen LogP contribution in [0.3, 0.4) is 0 Å². The van der Waals surface area contributed by atoms with Crippen molar-refractivity contribution in [3.63, 3.8) is 0 Å². The minimum atomic E-state index is -0.169. The maximum absolute atomic E-state index is 13.2. The normalized spacial score (nSPS) is 23.2. The highest BCUT2D eigenvalue weighted by Crippen LogP contribution is 2.46. The summed E-state index contributed by atoms with van der Waals surface area (Å²) in [5.74, 6) is 1.91. The largest absolute Gasteiger partial charge is 0.308 e. The highest BCUT2D eigenvalue weighted by molar-refractivity contribution is 8.00. The van der Waals surface area contributed by atoms with Gasteiger partial charge < -0.3 is 9.47 Å². The summed E-state index contributed by atoms with van der Waals surface area (Å²) >= 11 is 1.57. The maximum Gasteiger partial charge on any atom is 0.240 e. The number of para-hydroxylation sites is 1. The Kier molecular flexibility index (Phi) is 3.85. The van der Waals surface area contributed by atoms with Gasteiger partial charge in [-0.15, -0.1) is 10.2 Å². The van der Waals surface area contributed by atoms with E-state index in [0.29, 0.717) is 12.0 Å². The van der Waals surface area contributed by atoms with Crippen LogP contribution in [-0.4, -0.2) is 32.0 Å². The molecule has 1 aromatic carbocycles. The molecule has 2 heterocycles. The summed E-state index contributed by atoms with van der Waals surface area (Å²) in [6.07, 6.45) is 5.82. The molecule has 5 nitrogen and oxygen atoms in total. The summed E-state index contributed by atoms with van der Waals surface area (Å²) in [7, 11) is 0. The zero-order valence-corrected chi connectivity index (χ0v) is 16.1. The Bertz CT molecular complexity index is 855. The summed E-state index contributed by atoms with van der Waals surface area (Å²) < 4.78 is 2.33. The first kappa shape index (κ1) is 16.4.